The first-order valence-electron chi connectivity index (χ1n) is 5.00. The maximum absolute atomic E-state index is 8.89. The van der Waals surface area contributed by atoms with Gasteiger partial charge in [-0.15, -0.1) is 0 Å². The van der Waals surface area contributed by atoms with Crippen molar-refractivity contribution in [1.29, 1.82) is 0 Å². The van der Waals surface area contributed by atoms with Crippen LogP contribution in [0.15, 0.2) is 0 Å². The van der Waals surface area contributed by atoms with Gasteiger partial charge in [0.2, 0.25) is 0 Å². The molecule has 0 aliphatic heterocycles. The number of anilines is 2. The fourth-order valence-electron chi connectivity index (χ4n) is 1.16. The second-order valence-corrected chi connectivity index (χ2v) is 3.80. The van der Waals surface area contributed by atoms with Gasteiger partial charge in [0.25, 0.3) is 0 Å². The number of rotatable bonds is 4. The quantitative estimate of drug-likeness (QED) is 0.681. The Labute approximate surface area is 89.7 Å². The van der Waals surface area contributed by atoms with E-state index in [1.54, 1.807) is 6.92 Å². The lowest BCUT2D eigenvalue weighted by molar-refractivity contribution is 0.244. The summed E-state index contributed by atoms with van der Waals surface area (Å²) in [5.41, 5.74) is 6.57. The monoisotopic (exact) mass is 210 g/mol. The second-order valence-electron chi connectivity index (χ2n) is 3.80. The Hall–Kier alpha value is -1.36. The molecular formula is C10H18N4O. The van der Waals surface area contributed by atoms with Crippen LogP contribution in [0, 0.1) is 19.8 Å². The number of nitrogens with zero attached hydrogens (tertiary/aromatic N) is 2. The largest absolute Gasteiger partial charge is 0.396 e. The zero-order valence-corrected chi connectivity index (χ0v) is 9.41. The van der Waals surface area contributed by atoms with Crippen molar-refractivity contribution in [2.24, 2.45) is 5.92 Å². The number of nitrogens with two attached hydrogens (primary N) is 1. The van der Waals surface area contributed by atoms with E-state index >= 15 is 0 Å². The number of aryl methyl sites for hydroxylation is 1. The molecule has 4 N–H and O–H groups in total. The summed E-state index contributed by atoms with van der Waals surface area (Å²) in [6.45, 7) is 6.47. The van der Waals surface area contributed by atoms with E-state index in [4.69, 9.17) is 10.8 Å². The van der Waals surface area contributed by atoms with E-state index in [1.807, 2.05) is 13.8 Å². The smallest absolute Gasteiger partial charge is 0.134 e. The molecular weight excluding hydrogens is 192 g/mol. The Morgan fingerprint density at radius 2 is 2.07 bits per heavy atom. The molecule has 0 amide bonds. The topological polar surface area (TPSA) is 84.1 Å². The van der Waals surface area contributed by atoms with Gasteiger partial charge in [0.05, 0.1) is 0 Å². The minimum atomic E-state index is 0.158. The third-order valence-electron chi connectivity index (χ3n) is 2.22. The molecule has 1 atom stereocenters. The lowest BCUT2D eigenvalue weighted by atomic mass is 10.2. The summed E-state index contributed by atoms with van der Waals surface area (Å²) in [6.07, 6.45) is 0. The summed E-state index contributed by atoms with van der Waals surface area (Å²) in [4.78, 5) is 8.31. The van der Waals surface area contributed by atoms with Gasteiger partial charge in [-0.2, -0.15) is 0 Å². The van der Waals surface area contributed by atoms with Gasteiger partial charge in [-0.3, -0.25) is 0 Å². The molecule has 0 aliphatic rings. The van der Waals surface area contributed by atoms with E-state index in [0.29, 0.717) is 18.2 Å². The molecule has 5 nitrogen and oxygen atoms in total. The van der Waals surface area contributed by atoms with Gasteiger partial charge in [0.1, 0.15) is 17.5 Å². The zero-order chi connectivity index (χ0) is 11.4. The van der Waals surface area contributed by atoms with Crippen LogP contribution in [-0.4, -0.2) is 28.2 Å². The highest BCUT2D eigenvalue weighted by atomic mass is 16.3. The molecule has 0 spiro atoms. The summed E-state index contributed by atoms with van der Waals surface area (Å²) in [5.74, 6) is 2.10. The van der Waals surface area contributed by atoms with Crippen molar-refractivity contribution in [2.45, 2.75) is 20.8 Å². The highest BCUT2D eigenvalue weighted by Gasteiger charge is 2.07. The van der Waals surface area contributed by atoms with E-state index in [1.165, 1.54) is 0 Å². The summed E-state index contributed by atoms with van der Waals surface area (Å²) in [5, 5.41) is 12.0. The Balaban J connectivity index is 2.76. The minimum Gasteiger partial charge on any atom is -0.396 e. The Bertz CT molecular complexity index is 340. The van der Waals surface area contributed by atoms with Crippen molar-refractivity contribution in [1.82, 2.24) is 9.97 Å². The van der Waals surface area contributed by atoms with Crippen molar-refractivity contribution in [3.63, 3.8) is 0 Å². The van der Waals surface area contributed by atoms with Crippen LogP contribution in [0.4, 0.5) is 11.6 Å². The van der Waals surface area contributed by atoms with E-state index < -0.39 is 0 Å². The molecule has 1 rings (SSSR count). The molecule has 0 bridgehead atoms. The SMILES string of the molecule is Cc1nc(N)c(C)c(NCC(C)CO)n1. The van der Waals surface area contributed by atoms with Crippen LogP contribution in [0.3, 0.4) is 0 Å². The highest BCUT2D eigenvalue weighted by Crippen LogP contribution is 2.16. The van der Waals surface area contributed by atoms with Crippen LogP contribution in [0.1, 0.15) is 18.3 Å². The maximum Gasteiger partial charge on any atom is 0.134 e. The zero-order valence-electron chi connectivity index (χ0n) is 9.41. The van der Waals surface area contributed by atoms with Crippen LogP contribution in [0.2, 0.25) is 0 Å². The van der Waals surface area contributed by atoms with Crippen LogP contribution >= 0.6 is 0 Å². The third-order valence-corrected chi connectivity index (χ3v) is 2.22. The van der Waals surface area contributed by atoms with E-state index in [-0.39, 0.29) is 12.5 Å². The maximum atomic E-state index is 8.89. The van der Waals surface area contributed by atoms with Crippen molar-refractivity contribution in [2.75, 3.05) is 24.2 Å². The number of aliphatic hydroxyl groups excluding tert-OH is 1. The molecule has 84 valence electrons. The number of nitrogen functional groups attached to an aromatic ring is 1. The average molecular weight is 210 g/mol. The lowest BCUT2D eigenvalue weighted by Gasteiger charge is -2.13. The number of hydrogen-bond acceptors (Lipinski definition) is 5. The first-order chi connectivity index (χ1) is 7.04. The van der Waals surface area contributed by atoms with Crippen molar-refractivity contribution < 1.29 is 5.11 Å². The first-order valence-corrected chi connectivity index (χ1v) is 5.00. The van der Waals surface area contributed by atoms with Gasteiger partial charge in [0, 0.05) is 18.7 Å². The molecule has 0 aromatic carbocycles. The summed E-state index contributed by atoms with van der Waals surface area (Å²) in [6, 6.07) is 0. The number of nitrogens with one attached hydrogen (secondary N) is 1. The van der Waals surface area contributed by atoms with Crippen molar-refractivity contribution in [3.8, 4) is 0 Å². The normalized spacial score (nSPS) is 12.5. The van der Waals surface area contributed by atoms with Crippen LogP contribution in [-0.2, 0) is 0 Å². The summed E-state index contributed by atoms with van der Waals surface area (Å²) < 4.78 is 0. The number of aromatic nitrogens is 2. The fourth-order valence-corrected chi connectivity index (χ4v) is 1.16. The Morgan fingerprint density at radius 3 is 2.67 bits per heavy atom. The van der Waals surface area contributed by atoms with Crippen molar-refractivity contribution >= 4 is 11.6 Å². The molecule has 0 aliphatic carbocycles. The standard InChI is InChI=1S/C10H18N4O/c1-6(5-15)4-12-10-7(2)9(11)13-8(3)14-10/h6,15H,4-5H2,1-3H3,(H3,11,12,13,14). The Kier molecular flexibility index (Phi) is 3.85. The molecule has 0 radical (unpaired) electrons. The van der Waals surface area contributed by atoms with Gasteiger partial charge in [-0.25, -0.2) is 9.97 Å². The molecule has 1 aromatic rings. The van der Waals surface area contributed by atoms with E-state index in [0.717, 1.165) is 11.4 Å². The first kappa shape index (κ1) is 11.7. The number of aliphatic hydroxyl groups is 1. The molecule has 15 heavy (non-hydrogen) atoms. The molecule has 1 aromatic heterocycles. The fraction of sp³-hybridized carbons (Fsp3) is 0.600. The number of hydrogen-bond donors (Lipinski definition) is 3. The van der Waals surface area contributed by atoms with E-state index in [2.05, 4.69) is 15.3 Å². The van der Waals surface area contributed by atoms with Crippen LogP contribution in [0.5, 0.6) is 0 Å². The summed E-state index contributed by atoms with van der Waals surface area (Å²) in [7, 11) is 0. The van der Waals surface area contributed by atoms with Gasteiger partial charge in [0.15, 0.2) is 0 Å². The lowest BCUT2D eigenvalue weighted by Crippen LogP contribution is -2.17. The van der Waals surface area contributed by atoms with Crippen molar-refractivity contribution in [3.05, 3.63) is 11.4 Å². The predicted octanol–water partition coefficient (Wildman–Crippen LogP) is 0.716. The average Bonchev–Trinajstić information content (AvgIpc) is 2.20. The summed E-state index contributed by atoms with van der Waals surface area (Å²) >= 11 is 0. The molecule has 0 saturated carbocycles. The third kappa shape index (κ3) is 3.06. The molecule has 1 heterocycles. The van der Waals surface area contributed by atoms with Gasteiger partial charge in [-0.05, 0) is 19.8 Å². The second kappa shape index (κ2) is 4.93. The highest BCUT2D eigenvalue weighted by molar-refractivity contribution is 5.54. The van der Waals surface area contributed by atoms with Gasteiger partial charge < -0.3 is 16.2 Å². The van der Waals surface area contributed by atoms with Gasteiger partial charge >= 0.3 is 0 Å². The molecule has 0 fully saturated rings. The minimum absolute atomic E-state index is 0.158. The molecule has 5 heteroatoms. The molecule has 0 saturated heterocycles. The predicted molar refractivity (Wildman–Crippen MR) is 60.7 cm³/mol. The van der Waals surface area contributed by atoms with Crippen LogP contribution in [0.25, 0.3) is 0 Å². The van der Waals surface area contributed by atoms with Gasteiger partial charge in [-0.1, -0.05) is 6.92 Å². The van der Waals surface area contributed by atoms with E-state index in [9.17, 15) is 0 Å². The van der Waals surface area contributed by atoms with Crippen LogP contribution < -0.4 is 11.1 Å². The Morgan fingerprint density at radius 1 is 1.40 bits per heavy atom. The molecule has 1 unspecified atom stereocenters.